The van der Waals surface area contributed by atoms with Crippen LogP contribution in [0.25, 0.3) is 11.0 Å². The van der Waals surface area contributed by atoms with Crippen molar-refractivity contribution in [1.29, 1.82) is 0 Å². The van der Waals surface area contributed by atoms with Gasteiger partial charge in [0, 0.05) is 12.3 Å². The zero-order chi connectivity index (χ0) is 9.76. The Balaban J connectivity index is 2.21. The van der Waals surface area contributed by atoms with Crippen LogP contribution < -0.4 is 5.73 Å². The summed E-state index contributed by atoms with van der Waals surface area (Å²) >= 11 is 3.39. The first kappa shape index (κ1) is 8.44. The Morgan fingerprint density at radius 3 is 3.00 bits per heavy atom. The summed E-state index contributed by atoms with van der Waals surface area (Å²) in [5.41, 5.74) is 7.65. The Morgan fingerprint density at radius 2 is 2.29 bits per heavy atom. The molecule has 4 heteroatoms. The molecule has 2 heterocycles. The van der Waals surface area contributed by atoms with Gasteiger partial charge in [-0.25, -0.2) is 0 Å². The molecule has 0 radical (unpaired) electrons. The number of pyridine rings is 1. The number of aromatic nitrogens is 1. The standard InChI is InChI=1S/C10H9BrN2O/c11-7-5-14-8-3-9(10(12)1-2-10)13-4-6(7)8/h3-5H,1-2,12H2. The normalized spacial score (nSPS) is 18.7. The van der Waals surface area contributed by atoms with Crippen molar-refractivity contribution in [2.45, 2.75) is 18.4 Å². The molecule has 1 aliphatic carbocycles. The van der Waals surface area contributed by atoms with E-state index in [1.807, 2.05) is 12.3 Å². The number of rotatable bonds is 1. The molecular weight excluding hydrogens is 244 g/mol. The summed E-state index contributed by atoms with van der Waals surface area (Å²) in [6.45, 7) is 0. The van der Waals surface area contributed by atoms with Gasteiger partial charge in [0.2, 0.25) is 0 Å². The highest BCUT2D eigenvalue weighted by Gasteiger charge is 2.41. The van der Waals surface area contributed by atoms with Gasteiger partial charge in [-0.1, -0.05) is 0 Å². The minimum Gasteiger partial charge on any atom is -0.463 e. The van der Waals surface area contributed by atoms with E-state index in [0.29, 0.717) is 0 Å². The fourth-order valence-electron chi connectivity index (χ4n) is 1.56. The Hall–Kier alpha value is -0.870. The summed E-state index contributed by atoms with van der Waals surface area (Å²) in [6, 6.07) is 1.94. The third kappa shape index (κ3) is 1.11. The van der Waals surface area contributed by atoms with Crippen LogP contribution in [0.15, 0.2) is 27.4 Å². The molecule has 1 saturated carbocycles. The first-order valence-corrected chi connectivity index (χ1v) is 5.30. The van der Waals surface area contributed by atoms with E-state index < -0.39 is 0 Å². The van der Waals surface area contributed by atoms with Crippen LogP contribution in [0.4, 0.5) is 0 Å². The van der Waals surface area contributed by atoms with E-state index in [9.17, 15) is 0 Å². The quantitative estimate of drug-likeness (QED) is 0.849. The molecule has 2 N–H and O–H groups in total. The molecular formula is C10H9BrN2O. The Kier molecular flexibility index (Phi) is 1.56. The molecule has 72 valence electrons. The third-order valence-corrected chi connectivity index (χ3v) is 3.33. The van der Waals surface area contributed by atoms with Gasteiger partial charge < -0.3 is 10.2 Å². The zero-order valence-electron chi connectivity index (χ0n) is 7.46. The minimum absolute atomic E-state index is 0.187. The predicted molar refractivity (Wildman–Crippen MR) is 56.8 cm³/mol. The van der Waals surface area contributed by atoms with E-state index in [0.717, 1.165) is 34.0 Å². The number of fused-ring (bicyclic) bond motifs is 1. The van der Waals surface area contributed by atoms with Crippen LogP contribution in [0.1, 0.15) is 18.5 Å². The van der Waals surface area contributed by atoms with Crippen LogP contribution in [0, 0.1) is 0 Å². The van der Waals surface area contributed by atoms with E-state index in [2.05, 4.69) is 20.9 Å². The summed E-state index contributed by atoms with van der Waals surface area (Å²) < 4.78 is 6.31. The molecule has 0 atom stereocenters. The van der Waals surface area contributed by atoms with Crippen molar-refractivity contribution < 1.29 is 4.42 Å². The van der Waals surface area contributed by atoms with Crippen molar-refractivity contribution in [3.8, 4) is 0 Å². The molecule has 0 spiro atoms. The van der Waals surface area contributed by atoms with E-state index in [1.54, 1.807) is 6.26 Å². The van der Waals surface area contributed by atoms with Gasteiger partial charge >= 0.3 is 0 Å². The molecule has 1 fully saturated rings. The molecule has 0 amide bonds. The maximum atomic E-state index is 6.05. The lowest BCUT2D eigenvalue weighted by molar-refractivity contribution is 0.610. The van der Waals surface area contributed by atoms with Crippen LogP contribution in [-0.4, -0.2) is 4.98 Å². The summed E-state index contributed by atoms with van der Waals surface area (Å²) in [7, 11) is 0. The van der Waals surface area contributed by atoms with Gasteiger partial charge in [0.25, 0.3) is 0 Å². The highest BCUT2D eigenvalue weighted by atomic mass is 79.9. The second-order valence-corrected chi connectivity index (χ2v) is 4.66. The highest BCUT2D eigenvalue weighted by Crippen LogP contribution is 2.42. The molecule has 0 aliphatic heterocycles. The molecule has 0 bridgehead atoms. The van der Waals surface area contributed by atoms with Crippen LogP contribution >= 0.6 is 15.9 Å². The highest BCUT2D eigenvalue weighted by molar-refractivity contribution is 9.10. The molecule has 2 aromatic rings. The second kappa shape index (κ2) is 2.58. The maximum Gasteiger partial charge on any atom is 0.138 e. The van der Waals surface area contributed by atoms with Crippen molar-refractivity contribution in [3.63, 3.8) is 0 Å². The number of furan rings is 1. The fraction of sp³-hybridized carbons (Fsp3) is 0.300. The molecule has 2 aromatic heterocycles. The first-order valence-electron chi connectivity index (χ1n) is 4.51. The lowest BCUT2D eigenvalue weighted by Gasteiger charge is -2.06. The monoisotopic (exact) mass is 252 g/mol. The number of nitrogens with two attached hydrogens (primary N) is 1. The van der Waals surface area contributed by atoms with Crippen molar-refractivity contribution in [1.82, 2.24) is 4.98 Å². The number of nitrogens with zero attached hydrogens (tertiary/aromatic N) is 1. The van der Waals surface area contributed by atoms with Crippen molar-refractivity contribution >= 4 is 26.9 Å². The molecule has 3 rings (SSSR count). The Bertz CT molecular complexity index is 502. The van der Waals surface area contributed by atoms with Gasteiger partial charge in [-0.2, -0.15) is 0 Å². The van der Waals surface area contributed by atoms with Gasteiger partial charge in [0.05, 0.1) is 21.1 Å². The zero-order valence-corrected chi connectivity index (χ0v) is 9.04. The molecule has 0 unspecified atom stereocenters. The van der Waals surface area contributed by atoms with Crippen LogP contribution in [0.3, 0.4) is 0 Å². The van der Waals surface area contributed by atoms with Gasteiger partial charge in [-0.15, -0.1) is 0 Å². The van der Waals surface area contributed by atoms with Gasteiger partial charge in [-0.05, 0) is 28.8 Å². The minimum atomic E-state index is -0.187. The Labute approximate surface area is 89.4 Å². The number of hydrogen-bond donors (Lipinski definition) is 1. The van der Waals surface area contributed by atoms with Gasteiger partial charge in [-0.3, -0.25) is 4.98 Å². The predicted octanol–water partition coefficient (Wildman–Crippen LogP) is 2.54. The van der Waals surface area contributed by atoms with Crippen LogP contribution in [0.5, 0.6) is 0 Å². The first-order chi connectivity index (χ1) is 6.69. The van der Waals surface area contributed by atoms with Crippen LogP contribution in [0.2, 0.25) is 0 Å². The molecule has 0 aromatic carbocycles. The number of hydrogen-bond acceptors (Lipinski definition) is 3. The van der Waals surface area contributed by atoms with E-state index in [1.165, 1.54) is 0 Å². The largest absolute Gasteiger partial charge is 0.463 e. The van der Waals surface area contributed by atoms with E-state index >= 15 is 0 Å². The second-order valence-electron chi connectivity index (χ2n) is 3.81. The van der Waals surface area contributed by atoms with Crippen molar-refractivity contribution in [3.05, 3.63) is 28.7 Å². The fourth-order valence-corrected chi connectivity index (χ4v) is 1.95. The molecule has 14 heavy (non-hydrogen) atoms. The average molecular weight is 253 g/mol. The maximum absolute atomic E-state index is 6.05. The molecule has 1 aliphatic rings. The van der Waals surface area contributed by atoms with Gasteiger partial charge in [0.15, 0.2) is 0 Å². The molecule has 3 nitrogen and oxygen atoms in total. The van der Waals surface area contributed by atoms with Crippen molar-refractivity contribution in [2.24, 2.45) is 5.73 Å². The summed E-state index contributed by atoms with van der Waals surface area (Å²) in [5, 5.41) is 0.998. The Morgan fingerprint density at radius 1 is 1.50 bits per heavy atom. The third-order valence-electron chi connectivity index (χ3n) is 2.71. The lowest BCUT2D eigenvalue weighted by atomic mass is 10.1. The SMILES string of the molecule is NC1(c2cc3occ(Br)c3cn2)CC1. The van der Waals surface area contributed by atoms with Crippen LogP contribution in [-0.2, 0) is 5.54 Å². The lowest BCUT2D eigenvalue weighted by Crippen LogP contribution is -2.19. The molecule has 0 saturated heterocycles. The van der Waals surface area contributed by atoms with Crippen molar-refractivity contribution in [2.75, 3.05) is 0 Å². The average Bonchev–Trinajstić information content (AvgIpc) is 2.84. The summed E-state index contributed by atoms with van der Waals surface area (Å²) in [5.74, 6) is 0. The summed E-state index contributed by atoms with van der Waals surface area (Å²) in [4.78, 5) is 4.36. The van der Waals surface area contributed by atoms with Gasteiger partial charge in [0.1, 0.15) is 11.8 Å². The number of halogens is 1. The van der Waals surface area contributed by atoms with E-state index in [4.69, 9.17) is 10.2 Å². The summed E-state index contributed by atoms with van der Waals surface area (Å²) in [6.07, 6.45) is 5.53. The smallest absolute Gasteiger partial charge is 0.138 e. The van der Waals surface area contributed by atoms with E-state index in [-0.39, 0.29) is 5.54 Å². The topological polar surface area (TPSA) is 52.0 Å².